The quantitative estimate of drug-likeness (QED) is 0.629. The minimum absolute atomic E-state index is 0.872. The lowest BCUT2D eigenvalue weighted by molar-refractivity contribution is 0.644. The van der Waals surface area contributed by atoms with E-state index < -0.39 is 0 Å². The Hall–Kier alpha value is -2.78. The van der Waals surface area contributed by atoms with E-state index in [0.29, 0.717) is 0 Å². The normalized spacial score (nSPS) is 13.0. The molecular weight excluding hydrogens is 294 g/mol. The first kappa shape index (κ1) is 16.1. The molecule has 0 saturated carbocycles. The van der Waals surface area contributed by atoms with Crippen molar-refractivity contribution in [2.75, 3.05) is 6.54 Å². The van der Waals surface area contributed by atoms with Gasteiger partial charge in [-0.05, 0) is 48.4 Å². The smallest absolute Gasteiger partial charge is 0.0857 e. The highest BCUT2D eigenvalue weighted by atomic mass is 15.1. The van der Waals surface area contributed by atoms with Crippen LogP contribution in [0.2, 0.25) is 0 Å². The van der Waals surface area contributed by atoms with Crippen LogP contribution < -0.4 is 5.32 Å². The summed E-state index contributed by atoms with van der Waals surface area (Å²) in [5.74, 6) is 0. The zero-order valence-electron chi connectivity index (χ0n) is 13.6. The van der Waals surface area contributed by atoms with Gasteiger partial charge in [-0.3, -0.25) is 0 Å². The fourth-order valence-electron chi connectivity index (χ4n) is 2.52. The predicted molar refractivity (Wildman–Crippen MR) is 98.9 cm³/mol. The monoisotopic (exact) mass is 315 g/mol. The van der Waals surface area contributed by atoms with E-state index >= 15 is 0 Å². The fourth-order valence-corrected chi connectivity index (χ4v) is 2.52. The zero-order chi connectivity index (χ0) is 16.5. The molecule has 120 valence electrons. The molecule has 24 heavy (non-hydrogen) atoms. The molecule has 0 saturated heterocycles. The van der Waals surface area contributed by atoms with Gasteiger partial charge in [-0.1, -0.05) is 60.7 Å². The Morgan fingerprint density at radius 3 is 1.62 bits per heavy atom. The number of hydrogen-bond donors (Lipinski definition) is 1. The van der Waals surface area contributed by atoms with Crippen molar-refractivity contribution in [1.29, 1.82) is 0 Å². The minimum atomic E-state index is 0.872. The second-order valence-corrected chi connectivity index (χ2v) is 5.57. The Kier molecular flexibility index (Phi) is 5.87. The Morgan fingerprint density at radius 2 is 1.08 bits per heavy atom. The second-order valence-electron chi connectivity index (χ2n) is 5.57. The van der Waals surface area contributed by atoms with Gasteiger partial charge >= 0.3 is 0 Å². The molecule has 0 bridgehead atoms. The fraction of sp³-hybridized carbons (Fsp3) is 0.143. The summed E-state index contributed by atoms with van der Waals surface area (Å²) in [6.45, 7) is 2.19. The molecule has 1 N–H and O–H groups in total. The summed E-state index contributed by atoms with van der Waals surface area (Å²) in [6, 6.07) is 28.0. The molecule has 4 rings (SSSR count). The number of rotatable bonds is 2. The molecule has 0 fully saturated rings. The maximum absolute atomic E-state index is 4.10. The highest BCUT2D eigenvalue weighted by Gasteiger charge is 2.05. The van der Waals surface area contributed by atoms with Crippen molar-refractivity contribution in [3.05, 3.63) is 96.1 Å². The first-order valence-electron chi connectivity index (χ1n) is 8.21. The van der Waals surface area contributed by atoms with E-state index in [1.807, 2.05) is 60.7 Å². The molecule has 0 amide bonds. The topological polar surface area (TPSA) is 36.8 Å². The molecule has 0 spiro atoms. The third kappa shape index (κ3) is 4.86. The molecule has 0 aromatic heterocycles. The van der Waals surface area contributed by atoms with E-state index in [1.165, 1.54) is 17.5 Å². The summed E-state index contributed by atoms with van der Waals surface area (Å²) in [6.07, 6.45) is 1.19. The molecule has 0 radical (unpaired) electrons. The van der Waals surface area contributed by atoms with E-state index in [9.17, 15) is 0 Å². The van der Waals surface area contributed by atoms with Gasteiger partial charge in [0.2, 0.25) is 0 Å². The Morgan fingerprint density at radius 1 is 0.583 bits per heavy atom. The third-order valence-corrected chi connectivity index (χ3v) is 3.80. The van der Waals surface area contributed by atoms with Gasteiger partial charge in [0.05, 0.1) is 11.4 Å². The van der Waals surface area contributed by atoms with E-state index in [-0.39, 0.29) is 0 Å². The number of nitrogens with one attached hydrogen (secondary N) is 1. The number of fused-ring (bicyclic) bond motifs is 1. The summed E-state index contributed by atoms with van der Waals surface area (Å²) in [4.78, 5) is 0. The number of benzene rings is 3. The van der Waals surface area contributed by atoms with Crippen molar-refractivity contribution in [2.24, 2.45) is 10.2 Å². The first-order chi connectivity index (χ1) is 11.9. The molecule has 1 aliphatic heterocycles. The van der Waals surface area contributed by atoms with E-state index in [1.54, 1.807) is 0 Å². The minimum Gasteiger partial charge on any atom is -0.312 e. The summed E-state index contributed by atoms with van der Waals surface area (Å²) < 4.78 is 0. The van der Waals surface area contributed by atoms with Crippen LogP contribution in [0.4, 0.5) is 11.4 Å². The highest BCUT2D eigenvalue weighted by molar-refractivity contribution is 5.39. The SMILES string of the molecule is c1ccc(N=Nc2ccccc2)cc1.c1ccc2c(c1)CCNC2. The maximum atomic E-state index is 4.10. The van der Waals surface area contributed by atoms with Crippen molar-refractivity contribution in [1.82, 2.24) is 5.32 Å². The van der Waals surface area contributed by atoms with Crippen molar-refractivity contribution < 1.29 is 0 Å². The molecular formula is C21H21N3. The predicted octanol–water partition coefficient (Wildman–Crippen LogP) is 5.43. The number of nitrogens with zero attached hydrogens (tertiary/aromatic N) is 2. The molecule has 3 aromatic carbocycles. The lowest BCUT2D eigenvalue weighted by atomic mass is 10.0. The molecule has 0 unspecified atom stereocenters. The van der Waals surface area contributed by atoms with Crippen LogP contribution in [-0.4, -0.2) is 6.54 Å². The van der Waals surface area contributed by atoms with Gasteiger partial charge in [0, 0.05) is 6.54 Å². The maximum Gasteiger partial charge on any atom is 0.0857 e. The van der Waals surface area contributed by atoms with Crippen molar-refractivity contribution >= 4 is 11.4 Å². The molecule has 1 aliphatic rings. The van der Waals surface area contributed by atoms with E-state index in [0.717, 1.165) is 24.5 Å². The van der Waals surface area contributed by atoms with Gasteiger partial charge in [-0.2, -0.15) is 10.2 Å². The van der Waals surface area contributed by atoms with Crippen LogP contribution >= 0.6 is 0 Å². The van der Waals surface area contributed by atoms with Crippen molar-refractivity contribution in [2.45, 2.75) is 13.0 Å². The highest BCUT2D eigenvalue weighted by Crippen LogP contribution is 2.16. The lowest BCUT2D eigenvalue weighted by Crippen LogP contribution is -2.23. The first-order valence-corrected chi connectivity index (χ1v) is 8.21. The van der Waals surface area contributed by atoms with E-state index in [4.69, 9.17) is 0 Å². The van der Waals surface area contributed by atoms with Crippen LogP contribution in [0.25, 0.3) is 0 Å². The Bertz CT molecular complexity index is 701. The van der Waals surface area contributed by atoms with Crippen LogP contribution in [0, 0.1) is 0 Å². The van der Waals surface area contributed by atoms with Gasteiger partial charge < -0.3 is 5.32 Å². The van der Waals surface area contributed by atoms with E-state index in [2.05, 4.69) is 39.8 Å². The average Bonchev–Trinajstić information content (AvgIpc) is 2.69. The third-order valence-electron chi connectivity index (χ3n) is 3.80. The zero-order valence-corrected chi connectivity index (χ0v) is 13.6. The summed E-state index contributed by atoms with van der Waals surface area (Å²) in [5.41, 5.74) is 4.72. The number of hydrogen-bond acceptors (Lipinski definition) is 3. The molecule has 3 aromatic rings. The van der Waals surface area contributed by atoms with Gasteiger partial charge in [0.1, 0.15) is 0 Å². The van der Waals surface area contributed by atoms with Crippen molar-refractivity contribution in [3.63, 3.8) is 0 Å². The summed E-state index contributed by atoms with van der Waals surface area (Å²) >= 11 is 0. The standard InChI is InChI=1S/C12H10N2.C9H11N/c1-3-7-11(8-4-1)13-14-12-9-5-2-6-10-12;1-2-4-9-7-10-6-5-8(9)3-1/h1-10H;1-4,10H,5-7H2. The van der Waals surface area contributed by atoms with Crippen LogP contribution in [0.5, 0.6) is 0 Å². The lowest BCUT2D eigenvalue weighted by Gasteiger charge is -2.15. The molecule has 1 heterocycles. The van der Waals surface area contributed by atoms with Gasteiger partial charge in [0.15, 0.2) is 0 Å². The number of azo groups is 1. The van der Waals surface area contributed by atoms with Gasteiger partial charge in [-0.25, -0.2) is 0 Å². The largest absolute Gasteiger partial charge is 0.312 e. The summed E-state index contributed by atoms with van der Waals surface area (Å²) in [7, 11) is 0. The molecule has 0 aliphatic carbocycles. The van der Waals surface area contributed by atoms with Crippen LogP contribution in [0.1, 0.15) is 11.1 Å². The Labute approximate surface area is 143 Å². The van der Waals surface area contributed by atoms with Crippen LogP contribution in [0.15, 0.2) is 95.2 Å². The van der Waals surface area contributed by atoms with Gasteiger partial charge in [-0.15, -0.1) is 0 Å². The Balaban J connectivity index is 0.000000149. The molecule has 3 nitrogen and oxygen atoms in total. The van der Waals surface area contributed by atoms with Crippen molar-refractivity contribution in [3.8, 4) is 0 Å². The van der Waals surface area contributed by atoms with Gasteiger partial charge in [0.25, 0.3) is 0 Å². The summed E-state index contributed by atoms with van der Waals surface area (Å²) in [5, 5.41) is 11.5. The molecule has 3 heteroatoms. The average molecular weight is 315 g/mol. The van der Waals surface area contributed by atoms with Crippen LogP contribution in [-0.2, 0) is 13.0 Å². The molecule has 0 atom stereocenters. The second kappa shape index (κ2) is 8.75. The van der Waals surface area contributed by atoms with Crippen LogP contribution in [0.3, 0.4) is 0 Å².